The number of benzene rings is 3. The molecule has 4 atom stereocenters. The Kier molecular flexibility index (Phi) is 9.44. The zero-order chi connectivity index (χ0) is 32.4. The molecule has 3 aromatic rings. The van der Waals surface area contributed by atoms with Gasteiger partial charge in [0.25, 0.3) is 0 Å². The van der Waals surface area contributed by atoms with Crippen molar-refractivity contribution in [1.82, 2.24) is 4.90 Å². The molecule has 0 bridgehead atoms. The molecule has 3 amide bonds. The van der Waals surface area contributed by atoms with Gasteiger partial charge in [-0.05, 0) is 90.2 Å². The molecule has 2 saturated heterocycles. The molecule has 236 valence electrons. The van der Waals surface area contributed by atoms with Gasteiger partial charge in [-0.25, -0.2) is 4.79 Å². The highest BCUT2D eigenvalue weighted by atomic mass is 79.9. The molecule has 9 nitrogen and oxygen atoms in total. The zero-order valence-electron chi connectivity index (χ0n) is 25.2. The van der Waals surface area contributed by atoms with E-state index in [1.54, 1.807) is 12.1 Å². The Hall–Kier alpha value is -4.19. The van der Waals surface area contributed by atoms with Gasteiger partial charge in [0.05, 0.1) is 25.0 Å². The SMILES string of the molecule is COC(=O)N1C(=O)[C@@H]2[C@@H](CC(COc3ccccc3)=C3[C@@H](CC/C(=C/c4cc(Br)ccc4O)c4ccccc4)OB(O)C[C@@H]32)C1=O. The van der Waals surface area contributed by atoms with Crippen molar-refractivity contribution in [3.05, 3.63) is 106 Å². The summed E-state index contributed by atoms with van der Waals surface area (Å²) >= 11 is 3.49. The Morgan fingerprint density at radius 2 is 1.76 bits per heavy atom. The lowest BCUT2D eigenvalue weighted by atomic mass is 9.58. The number of imide groups is 3. The predicted octanol–water partition coefficient (Wildman–Crippen LogP) is 6.12. The highest BCUT2D eigenvalue weighted by Gasteiger charge is 2.59. The van der Waals surface area contributed by atoms with Crippen molar-refractivity contribution in [3.63, 3.8) is 0 Å². The molecule has 3 aromatic carbocycles. The third-order valence-electron chi connectivity index (χ3n) is 8.96. The summed E-state index contributed by atoms with van der Waals surface area (Å²) in [5.41, 5.74) is 4.19. The smallest absolute Gasteiger partial charge is 0.455 e. The Morgan fingerprint density at radius 3 is 2.48 bits per heavy atom. The van der Waals surface area contributed by atoms with Gasteiger partial charge in [0.1, 0.15) is 18.1 Å². The standard InChI is InChI=1S/C35H33BBrNO8/c1-44-35(42)38-33(40)27-18-24(20-45-26-10-6-3-7-11-26)31-28(32(27)34(38)41)19-36(43)46-30(31)15-12-22(21-8-4-2-5-9-21)16-23-17-25(37)13-14-29(23)39/h2-11,13-14,16-17,27-28,30,32,39,43H,12,15,18-20H2,1H3/b22-16-/t27-,28+,30-,32-/m1/s1. The fraction of sp³-hybridized carbons (Fsp3) is 0.286. The molecule has 0 saturated carbocycles. The lowest BCUT2D eigenvalue weighted by molar-refractivity contribution is -0.137. The first-order chi connectivity index (χ1) is 22.2. The minimum Gasteiger partial charge on any atom is -0.507 e. The average Bonchev–Trinajstić information content (AvgIpc) is 3.32. The Morgan fingerprint density at radius 1 is 1.04 bits per heavy atom. The van der Waals surface area contributed by atoms with E-state index in [1.165, 1.54) is 0 Å². The summed E-state index contributed by atoms with van der Waals surface area (Å²) in [5, 5.41) is 21.6. The Labute approximate surface area is 275 Å². The molecule has 2 aliphatic heterocycles. The number of allylic oxidation sites excluding steroid dienone is 1. The van der Waals surface area contributed by atoms with Crippen molar-refractivity contribution in [1.29, 1.82) is 0 Å². The molecule has 2 fully saturated rings. The Bertz CT molecular complexity index is 1700. The highest BCUT2D eigenvalue weighted by Crippen LogP contribution is 2.51. The quantitative estimate of drug-likeness (QED) is 0.126. The number of nitrogens with zero attached hydrogens (tertiary/aromatic N) is 1. The minimum atomic E-state index is -1.18. The molecule has 46 heavy (non-hydrogen) atoms. The number of hydrogen-bond donors (Lipinski definition) is 2. The summed E-state index contributed by atoms with van der Waals surface area (Å²) in [6.07, 6.45) is 1.59. The monoisotopic (exact) mass is 685 g/mol. The molecule has 11 heteroatoms. The summed E-state index contributed by atoms with van der Waals surface area (Å²) in [6, 6.07) is 24.3. The number of halogens is 1. The topological polar surface area (TPSA) is 123 Å². The normalized spacial score (nSPS) is 22.9. The molecule has 2 heterocycles. The number of para-hydroxylation sites is 1. The van der Waals surface area contributed by atoms with Crippen molar-refractivity contribution in [2.45, 2.75) is 31.7 Å². The molecule has 1 aliphatic carbocycles. The lowest BCUT2D eigenvalue weighted by Gasteiger charge is -2.43. The second-order valence-electron chi connectivity index (χ2n) is 11.7. The van der Waals surface area contributed by atoms with E-state index in [2.05, 4.69) is 15.9 Å². The number of phenolic OH excluding ortho intramolecular Hbond substituents is 1. The molecule has 0 radical (unpaired) electrons. The van der Waals surface area contributed by atoms with Gasteiger partial charge in [0, 0.05) is 10.0 Å². The number of methoxy groups -OCH3 is 1. The zero-order valence-corrected chi connectivity index (χ0v) is 26.8. The molecule has 3 aliphatic rings. The van der Waals surface area contributed by atoms with Gasteiger partial charge in [0.2, 0.25) is 11.8 Å². The van der Waals surface area contributed by atoms with Crippen LogP contribution in [0.2, 0.25) is 6.32 Å². The maximum absolute atomic E-state index is 13.6. The van der Waals surface area contributed by atoms with Crippen LogP contribution in [0.1, 0.15) is 30.4 Å². The van der Waals surface area contributed by atoms with E-state index in [0.717, 1.165) is 33.9 Å². The number of carbonyl (C=O) groups excluding carboxylic acids is 3. The second-order valence-corrected chi connectivity index (χ2v) is 12.6. The largest absolute Gasteiger partial charge is 0.507 e. The maximum Gasteiger partial charge on any atom is 0.455 e. The third kappa shape index (κ3) is 6.40. The van der Waals surface area contributed by atoms with E-state index in [4.69, 9.17) is 14.1 Å². The molecule has 0 unspecified atom stereocenters. The molecule has 6 rings (SSSR count). The molecule has 0 aromatic heterocycles. The van der Waals surface area contributed by atoms with Gasteiger partial charge >= 0.3 is 13.2 Å². The number of aromatic hydroxyl groups is 1. The first kappa shape index (κ1) is 31.8. The van der Waals surface area contributed by atoms with Gasteiger partial charge in [-0.3, -0.25) is 9.59 Å². The average molecular weight is 686 g/mol. The first-order valence-corrected chi connectivity index (χ1v) is 16.0. The third-order valence-corrected chi connectivity index (χ3v) is 9.45. The van der Waals surface area contributed by atoms with Crippen molar-refractivity contribution in [3.8, 4) is 11.5 Å². The van der Waals surface area contributed by atoms with Crippen molar-refractivity contribution >= 4 is 52.6 Å². The van der Waals surface area contributed by atoms with Crippen LogP contribution in [0.15, 0.2) is 94.5 Å². The van der Waals surface area contributed by atoms with Crippen molar-refractivity contribution in [2.75, 3.05) is 13.7 Å². The number of hydrogen-bond acceptors (Lipinski definition) is 8. The molecular weight excluding hydrogens is 653 g/mol. The summed E-state index contributed by atoms with van der Waals surface area (Å²) in [5.74, 6) is -2.57. The number of likely N-dealkylation sites (tertiary alicyclic amines) is 1. The summed E-state index contributed by atoms with van der Waals surface area (Å²) in [4.78, 5) is 40.1. The van der Waals surface area contributed by atoms with Crippen LogP contribution in [0, 0.1) is 17.8 Å². The molecular formula is C35H33BBrNO8. The molecule has 2 N–H and O–H groups in total. The molecule has 0 spiro atoms. The van der Waals surface area contributed by atoms with Crippen LogP contribution >= 0.6 is 15.9 Å². The van der Waals surface area contributed by atoms with Gasteiger partial charge in [-0.2, -0.15) is 4.90 Å². The van der Waals surface area contributed by atoms with Gasteiger partial charge in [-0.15, -0.1) is 0 Å². The van der Waals surface area contributed by atoms with Gasteiger partial charge in [-0.1, -0.05) is 64.5 Å². The minimum absolute atomic E-state index is 0.100. The summed E-state index contributed by atoms with van der Waals surface area (Å²) in [7, 11) is -0.0460. The van der Waals surface area contributed by atoms with E-state index in [9.17, 15) is 24.5 Å². The second kappa shape index (κ2) is 13.7. The van der Waals surface area contributed by atoms with E-state index in [1.807, 2.05) is 72.8 Å². The van der Waals surface area contributed by atoms with E-state index < -0.39 is 48.9 Å². The van der Waals surface area contributed by atoms with Crippen molar-refractivity contribution < 1.29 is 38.6 Å². The van der Waals surface area contributed by atoms with Crippen LogP contribution in [0.5, 0.6) is 11.5 Å². The summed E-state index contributed by atoms with van der Waals surface area (Å²) < 4.78 is 17.9. The van der Waals surface area contributed by atoms with E-state index >= 15 is 0 Å². The summed E-state index contributed by atoms with van der Waals surface area (Å²) in [6.45, 7) is 0.155. The number of ether oxygens (including phenoxy) is 2. The van der Waals surface area contributed by atoms with Crippen LogP contribution in [-0.4, -0.2) is 59.9 Å². The fourth-order valence-corrected chi connectivity index (χ4v) is 7.30. The maximum atomic E-state index is 13.6. The number of rotatable bonds is 8. The Balaban J connectivity index is 1.37. The first-order valence-electron chi connectivity index (χ1n) is 15.2. The fourth-order valence-electron chi connectivity index (χ4n) is 6.92. The number of fused-ring (bicyclic) bond motifs is 3. The van der Waals surface area contributed by atoms with Gasteiger partial charge in [0.15, 0.2) is 0 Å². The van der Waals surface area contributed by atoms with Crippen molar-refractivity contribution in [2.24, 2.45) is 17.8 Å². The van der Waals surface area contributed by atoms with Crippen LogP contribution in [0.3, 0.4) is 0 Å². The van der Waals surface area contributed by atoms with Crippen LogP contribution in [-0.2, 0) is 19.0 Å². The van der Waals surface area contributed by atoms with Gasteiger partial charge < -0.3 is 24.3 Å². The lowest BCUT2D eigenvalue weighted by Crippen LogP contribution is -2.46. The number of amides is 3. The van der Waals surface area contributed by atoms with Crippen LogP contribution in [0.25, 0.3) is 11.6 Å². The number of phenols is 1. The number of carbonyl (C=O) groups is 3. The highest BCUT2D eigenvalue weighted by molar-refractivity contribution is 9.10. The van der Waals surface area contributed by atoms with Crippen LogP contribution in [0.4, 0.5) is 4.79 Å². The van der Waals surface area contributed by atoms with Crippen LogP contribution < -0.4 is 4.74 Å². The van der Waals surface area contributed by atoms with E-state index in [-0.39, 0.29) is 25.1 Å². The van der Waals surface area contributed by atoms with E-state index in [0.29, 0.717) is 29.1 Å². The predicted molar refractivity (Wildman–Crippen MR) is 175 cm³/mol.